The third-order valence-corrected chi connectivity index (χ3v) is 15.2. The van der Waals surface area contributed by atoms with Crippen LogP contribution in [0.15, 0.2) is 0 Å². The minimum atomic E-state index is -1.24. The molecule has 6 aliphatic rings. The number of amides is 1. The van der Waals surface area contributed by atoms with Gasteiger partial charge in [0.1, 0.15) is 12.2 Å². The van der Waals surface area contributed by atoms with E-state index in [-0.39, 0.29) is 51.9 Å². The van der Waals surface area contributed by atoms with Gasteiger partial charge in [-0.2, -0.15) is 0 Å². The number of methoxy groups -OCH3 is 1. The Bertz CT molecular complexity index is 1090. The Kier molecular flexibility index (Phi) is 7.66. The number of carbonyl (C=O) groups is 1. The first-order valence-corrected chi connectivity index (χ1v) is 17.3. The highest BCUT2D eigenvalue weighted by molar-refractivity contribution is 5.68. The normalized spacial score (nSPS) is 47.1. The quantitative estimate of drug-likeness (QED) is 0.274. The maximum Gasteiger partial charge on any atom is 0.407 e. The van der Waals surface area contributed by atoms with Gasteiger partial charge in [0.25, 0.3) is 0 Å². The van der Waals surface area contributed by atoms with Gasteiger partial charge in [0.15, 0.2) is 0 Å². The molecule has 8 nitrogen and oxygen atoms in total. The SMILES string of the molecule is COC(C[C@@H](C)[C@H]1C[C@H](O)[C@@]2(C)C3CC[C@H]4C(C)(C)C(OC(=O)NC5CNC5)CCC45CC35CCC12C)C(O)C(C)(C)O. The lowest BCUT2D eigenvalue weighted by Gasteiger charge is -2.63. The van der Waals surface area contributed by atoms with Crippen LogP contribution >= 0.6 is 0 Å². The van der Waals surface area contributed by atoms with Gasteiger partial charge in [-0.05, 0) is 112 Å². The second kappa shape index (κ2) is 10.3. The summed E-state index contributed by atoms with van der Waals surface area (Å²) in [7, 11) is 1.62. The Balaban J connectivity index is 1.20. The molecule has 6 fully saturated rings. The van der Waals surface area contributed by atoms with E-state index in [2.05, 4.69) is 45.3 Å². The van der Waals surface area contributed by atoms with Crippen LogP contribution in [0.2, 0.25) is 0 Å². The van der Waals surface area contributed by atoms with Crippen LogP contribution in [0.3, 0.4) is 0 Å². The lowest BCUT2D eigenvalue weighted by molar-refractivity contribution is -0.183. The number of nitrogens with one attached hydrogen (secondary N) is 2. The molecule has 12 atom stereocenters. The van der Waals surface area contributed by atoms with E-state index in [0.717, 1.165) is 51.6 Å². The molecular formula is C35H60N2O6. The molecule has 0 aromatic heterocycles. The molecule has 246 valence electrons. The van der Waals surface area contributed by atoms with Crippen LogP contribution in [0.4, 0.5) is 4.79 Å². The smallest absolute Gasteiger partial charge is 0.407 e. The fourth-order valence-electron chi connectivity index (χ4n) is 12.5. The molecule has 0 bridgehead atoms. The zero-order valence-corrected chi connectivity index (χ0v) is 28.0. The van der Waals surface area contributed by atoms with Gasteiger partial charge in [-0.3, -0.25) is 0 Å². The number of hydrogen-bond acceptors (Lipinski definition) is 7. The summed E-state index contributed by atoms with van der Waals surface area (Å²) in [6.45, 7) is 16.7. The van der Waals surface area contributed by atoms with Gasteiger partial charge in [0.2, 0.25) is 0 Å². The van der Waals surface area contributed by atoms with Crippen LogP contribution in [0.1, 0.15) is 106 Å². The van der Waals surface area contributed by atoms with Gasteiger partial charge in [-0.15, -0.1) is 0 Å². The van der Waals surface area contributed by atoms with E-state index in [0.29, 0.717) is 29.6 Å². The maximum absolute atomic E-state index is 12.8. The number of fused-ring (bicyclic) bond motifs is 2. The second-order valence-electron chi connectivity index (χ2n) is 17.6. The minimum Gasteiger partial charge on any atom is -0.446 e. The topological polar surface area (TPSA) is 120 Å². The second-order valence-corrected chi connectivity index (χ2v) is 17.6. The monoisotopic (exact) mass is 604 g/mol. The Morgan fingerprint density at radius 3 is 2.30 bits per heavy atom. The van der Waals surface area contributed by atoms with Crippen molar-refractivity contribution in [3.8, 4) is 0 Å². The van der Waals surface area contributed by atoms with Gasteiger partial charge in [-0.1, -0.05) is 34.6 Å². The van der Waals surface area contributed by atoms with Crippen LogP contribution in [0.25, 0.3) is 0 Å². The number of carbonyl (C=O) groups excluding carboxylic acids is 1. The van der Waals surface area contributed by atoms with Crippen molar-refractivity contribution in [2.45, 2.75) is 142 Å². The molecule has 8 heteroatoms. The summed E-state index contributed by atoms with van der Waals surface area (Å²) in [5.74, 6) is 1.59. The summed E-state index contributed by atoms with van der Waals surface area (Å²) < 4.78 is 11.9. The van der Waals surface area contributed by atoms with E-state index in [1.54, 1.807) is 21.0 Å². The van der Waals surface area contributed by atoms with Crippen molar-refractivity contribution in [1.29, 1.82) is 0 Å². The van der Waals surface area contributed by atoms with Crippen molar-refractivity contribution < 1.29 is 29.6 Å². The molecule has 0 aromatic rings. The van der Waals surface area contributed by atoms with E-state index in [9.17, 15) is 20.1 Å². The molecule has 5 aliphatic carbocycles. The number of hydrogen-bond donors (Lipinski definition) is 5. The summed E-state index contributed by atoms with van der Waals surface area (Å²) in [6.07, 6.45) is 7.25. The highest BCUT2D eigenvalue weighted by Gasteiger charge is 2.83. The number of rotatable bonds is 8. The standard InChI is InChI=1S/C35H60N2O6/c1-20(15-23(42-8)28(39)31(4,5)41)22-16-26(38)33(7)25-10-9-24-30(2,3)27(43-29(40)37-21-17-36-18-21)11-12-34(24)19-35(25,34)14-13-32(22,33)6/h20-28,36,38-39,41H,9-19H2,1-8H3,(H,37,40)/t20-,22-,23?,24+,25?,26+,27?,28?,32?,33-,34?,35?/m1/s1. The van der Waals surface area contributed by atoms with Crippen molar-refractivity contribution in [2.75, 3.05) is 20.2 Å². The van der Waals surface area contributed by atoms with Crippen LogP contribution in [-0.4, -0.2) is 77.7 Å². The molecular weight excluding hydrogens is 544 g/mol. The number of alkyl carbamates (subject to hydrolysis) is 1. The molecule has 1 amide bonds. The lowest BCUT2D eigenvalue weighted by Crippen LogP contribution is -2.61. The molecule has 1 saturated heterocycles. The van der Waals surface area contributed by atoms with Crippen molar-refractivity contribution in [3.63, 3.8) is 0 Å². The summed E-state index contributed by atoms with van der Waals surface area (Å²) in [5.41, 5.74) is -0.910. The Morgan fingerprint density at radius 2 is 1.70 bits per heavy atom. The van der Waals surface area contributed by atoms with Crippen molar-refractivity contribution >= 4 is 6.09 Å². The molecule has 2 spiro atoms. The van der Waals surface area contributed by atoms with Gasteiger partial charge >= 0.3 is 6.09 Å². The molecule has 0 aromatic carbocycles. The zero-order valence-electron chi connectivity index (χ0n) is 28.0. The van der Waals surface area contributed by atoms with Gasteiger partial charge < -0.3 is 35.4 Å². The van der Waals surface area contributed by atoms with E-state index in [1.807, 2.05) is 0 Å². The highest BCUT2D eigenvalue weighted by atomic mass is 16.6. The molecule has 7 unspecified atom stereocenters. The van der Waals surface area contributed by atoms with Gasteiger partial charge in [-0.25, -0.2) is 4.79 Å². The molecule has 1 heterocycles. The summed E-state index contributed by atoms with van der Waals surface area (Å²) in [6, 6.07) is 0.182. The average Bonchev–Trinajstić information content (AvgIpc) is 3.52. The Labute approximate surface area is 259 Å². The van der Waals surface area contributed by atoms with Crippen LogP contribution in [0.5, 0.6) is 0 Å². The molecule has 0 radical (unpaired) electrons. The number of ether oxygens (including phenoxy) is 2. The molecule has 5 saturated carbocycles. The molecule has 1 aliphatic heterocycles. The van der Waals surface area contributed by atoms with Crippen molar-refractivity contribution in [2.24, 2.45) is 50.7 Å². The molecule has 5 N–H and O–H groups in total. The van der Waals surface area contributed by atoms with Crippen LogP contribution in [0, 0.1) is 50.7 Å². The third kappa shape index (κ3) is 4.42. The Hall–Kier alpha value is -0.930. The maximum atomic E-state index is 12.8. The third-order valence-electron chi connectivity index (χ3n) is 15.2. The average molecular weight is 605 g/mol. The summed E-state index contributed by atoms with van der Waals surface area (Å²) in [4.78, 5) is 12.8. The van der Waals surface area contributed by atoms with E-state index < -0.39 is 17.8 Å². The summed E-state index contributed by atoms with van der Waals surface area (Å²) in [5, 5.41) is 39.6. The number of aliphatic hydroxyl groups excluding tert-OH is 2. The summed E-state index contributed by atoms with van der Waals surface area (Å²) >= 11 is 0. The largest absolute Gasteiger partial charge is 0.446 e. The first-order chi connectivity index (χ1) is 20.0. The minimum absolute atomic E-state index is 0.000639. The van der Waals surface area contributed by atoms with Gasteiger partial charge in [0.05, 0.1) is 23.9 Å². The molecule has 43 heavy (non-hydrogen) atoms. The van der Waals surface area contributed by atoms with Gasteiger partial charge in [0, 0.05) is 31.0 Å². The number of aliphatic hydroxyl groups is 3. The lowest BCUT2D eigenvalue weighted by atomic mass is 9.41. The van der Waals surface area contributed by atoms with Crippen LogP contribution in [-0.2, 0) is 9.47 Å². The van der Waals surface area contributed by atoms with Crippen LogP contribution < -0.4 is 10.6 Å². The van der Waals surface area contributed by atoms with E-state index in [1.165, 1.54) is 12.8 Å². The Morgan fingerprint density at radius 1 is 1.05 bits per heavy atom. The van der Waals surface area contributed by atoms with Crippen molar-refractivity contribution in [3.05, 3.63) is 0 Å². The van der Waals surface area contributed by atoms with E-state index in [4.69, 9.17) is 9.47 Å². The highest BCUT2D eigenvalue weighted by Crippen LogP contribution is 2.89. The first-order valence-electron chi connectivity index (χ1n) is 17.3. The van der Waals surface area contributed by atoms with E-state index >= 15 is 0 Å². The van der Waals surface area contributed by atoms with Crippen molar-refractivity contribution in [1.82, 2.24) is 10.6 Å². The first kappa shape index (κ1) is 32.0. The fourth-order valence-corrected chi connectivity index (χ4v) is 12.5. The fraction of sp³-hybridized carbons (Fsp3) is 0.971. The zero-order chi connectivity index (χ0) is 31.4. The predicted molar refractivity (Wildman–Crippen MR) is 165 cm³/mol. The predicted octanol–water partition coefficient (Wildman–Crippen LogP) is 4.64. The molecule has 6 rings (SSSR count).